The van der Waals surface area contributed by atoms with Gasteiger partial charge in [0.2, 0.25) is 11.8 Å². The van der Waals surface area contributed by atoms with E-state index >= 15 is 0 Å². The van der Waals surface area contributed by atoms with Gasteiger partial charge in [-0.2, -0.15) is 0 Å². The monoisotopic (exact) mass is 280 g/mol. The summed E-state index contributed by atoms with van der Waals surface area (Å²) < 4.78 is 5.40. The third kappa shape index (κ3) is 2.43. The molecule has 3 fully saturated rings. The zero-order chi connectivity index (χ0) is 14.3. The quantitative estimate of drug-likeness (QED) is 0.836. The fraction of sp³-hybridized carbons (Fsp3) is 0.867. The minimum Gasteiger partial charge on any atom is -0.381 e. The molecule has 0 aromatic carbocycles. The molecule has 2 aliphatic heterocycles. The van der Waals surface area contributed by atoms with E-state index in [9.17, 15) is 9.59 Å². The first-order chi connectivity index (χ1) is 9.59. The second-order valence-corrected chi connectivity index (χ2v) is 6.60. The molecule has 112 valence electrons. The Labute approximate surface area is 120 Å². The largest absolute Gasteiger partial charge is 0.381 e. The standard InChI is InChI=1S/C15H24N2O3/c1-9(2)13-14(18)16-12(10-3-4-10)15(19)17(13)11-5-7-20-8-6-11/h9-13H,3-8H2,1-2H3,(H,16,18). The van der Waals surface area contributed by atoms with Crippen LogP contribution < -0.4 is 5.32 Å². The zero-order valence-corrected chi connectivity index (χ0v) is 12.3. The predicted octanol–water partition coefficient (Wildman–Crippen LogP) is 0.927. The molecule has 3 rings (SSSR count). The molecule has 1 aliphatic carbocycles. The molecule has 0 aromatic heterocycles. The third-order valence-electron chi connectivity index (χ3n) is 4.70. The molecule has 20 heavy (non-hydrogen) atoms. The van der Waals surface area contributed by atoms with E-state index in [1.807, 2.05) is 18.7 Å². The van der Waals surface area contributed by atoms with Crippen molar-refractivity contribution in [2.24, 2.45) is 11.8 Å². The molecule has 2 saturated heterocycles. The van der Waals surface area contributed by atoms with Gasteiger partial charge in [0.25, 0.3) is 0 Å². The third-order valence-corrected chi connectivity index (χ3v) is 4.70. The first-order valence-electron chi connectivity index (χ1n) is 7.80. The van der Waals surface area contributed by atoms with Crippen LogP contribution in [-0.4, -0.2) is 48.1 Å². The van der Waals surface area contributed by atoms with Crippen molar-refractivity contribution < 1.29 is 14.3 Å². The Bertz CT molecular complexity index is 400. The molecule has 0 spiro atoms. The van der Waals surface area contributed by atoms with Crippen molar-refractivity contribution in [2.75, 3.05) is 13.2 Å². The fourth-order valence-electron chi connectivity index (χ4n) is 3.47. The molecule has 0 radical (unpaired) electrons. The van der Waals surface area contributed by atoms with E-state index in [0.29, 0.717) is 19.1 Å². The zero-order valence-electron chi connectivity index (χ0n) is 12.3. The van der Waals surface area contributed by atoms with Gasteiger partial charge in [0.15, 0.2) is 0 Å². The van der Waals surface area contributed by atoms with Crippen LogP contribution in [0, 0.1) is 11.8 Å². The number of piperazine rings is 1. The Morgan fingerprint density at radius 2 is 1.80 bits per heavy atom. The molecule has 0 bridgehead atoms. The molecule has 0 aromatic rings. The lowest BCUT2D eigenvalue weighted by atomic mass is 9.91. The van der Waals surface area contributed by atoms with Gasteiger partial charge in [-0.3, -0.25) is 9.59 Å². The highest BCUT2D eigenvalue weighted by molar-refractivity contribution is 5.97. The minimum atomic E-state index is -0.319. The molecule has 3 aliphatic rings. The van der Waals surface area contributed by atoms with Crippen LogP contribution in [0.5, 0.6) is 0 Å². The summed E-state index contributed by atoms with van der Waals surface area (Å²) in [5.41, 5.74) is 0. The van der Waals surface area contributed by atoms with Gasteiger partial charge in [0.1, 0.15) is 12.1 Å². The number of nitrogens with one attached hydrogen (secondary N) is 1. The van der Waals surface area contributed by atoms with Crippen molar-refractivity contribution in [3.63, 3.8) is 0 Å². The lowest BCUT2D eigenvalue weighted by Gasteiger charge is -2.46. The van der Waals surface area contributed by atoms with Crippen molar-refractivity contribution in [3.8, 4) is 0 Å². The molecule has 5 nitrogen and oxygen atoms in total. The topological polar surface area (TPSA) is 58.6 Å². The second-order valence-electron chi connectivity index (χ2n) is 6.60. The van der Waals surface area contributed by atoms with E-state index in [4.69, 9.17) is 4.74 Å². The first kappa shape index (κ1) is 13.9. The van der Waals surface area contributed by atoms with Crippen molar-refractivity contribution >= 4 is 11.8 Å². The van der Waals surface area contributed by atoms with E-state index < -0.39 is 0 Å². The highest BCUT2D eigenvalue weighted by Crippen LogP contribution is 2.37. The maximum Gasteiger partial charge on any atom is 0.246 e. The molecule has 5 heteroatoms. The number of hydrogen-bond acceptors (Lipinski definition) is 3. The minimum absolute atomic E-state index is 0.0305. The van der Waals surface area contributed by atoms with E-state index in [1.165, 1.54) is 0 Å². The fourth-order valence-corrected chi connectivity index (χ4v) is 3.47. The van der Waals surface area contributed by atoms with Crippen LogP contribution in [0.3, 0.4) is 0 Å². The Morgan fingerprint density at radius 3 is 2.35 bits per heavy atom. The molecule has 1 N–H and O–H groups in total. The number of carbonyl (C=O) groups is 2. The molecule has 2 amide bonds. The van der Waals surface area contributed by atoms with Gasteiger partial charge in [-0.1, -0.05) is 13.8 Å². The smallest absolute Gasteiger partial charge is 0.246 e. The van der Waals surface area contributed by atoms with Crippen LogP contribution in [0.2, 0.25) is 0 Å². The summed E-state index contributed by atoms with van der Waals surface area (Å²) in [6, 6.07) is -0.433. The van der Waals surface area contributed by atoms with Crippen LogP contribution >= 0.6 is 0 Å². The Hall–Kier alpha value is -1.10. The number of carbonyl (C=O) groups excluding carboxylic acids is 2. The number of nitrogens with zero attached hydrogens (tertiary/aromatic N) is 1. The summed E-state index contributed by atoms with van der Waals surface area (Å²) >= 11 is 0. The van der Waals surface area contributed by atoms with E-state index in [0.717, 1.165) is 25.7 Å². The predicted molar refractivity (Wildman–Crippen MR) is 74.0 cm³/mol. The molecule has 2 atom stereocenters. The maximum absolute atomic E-state index is 12.8. The van der Waals surface area contributed by atoms with Crippen molar-refractivity contribution in [2.45, 2.75) is 57.7 Å². The summed E-state index contributed by atoms with van der Waals surface area (Å²) in [4.78, 5) is 27.2. The average molecular weight is 280 g/mol. The molecule has 2 unspecified atom stereocenters. The van der Waals surface area contributed by atoms with Gasteiger partial charge < -0.3 is 15.0 Å². The highest BCUT2D eigenvalue weighted by atomic mass is 16.5. The second kappa shape index (κ2) is 5.35. The summed E-state index contributed by atoms with van der Waals surface area (Å²) in [5, 5.41) is 2.97. The summed E-state index contributed by atoms with van der Waals surface area (Å²) in [5.74, 6) is 0.671. The van der Waals surface area contributed by atoms with E-state index in [-0.39, 0.29) is 35.9 Å². The highest BCUT2D eigenvalue weighted by Gasteiger charge is 2.49. The summed E-state index contributed by atoms with van der Waals surface area (Å²) in [7, 11) is 0. The van der Waals surface area contributed by atoms with Crippen LogP contribution in [0.4, 0.5) is 0 Å². The van der Waals surface area contributed by atoms with Crippen molar-refractivity contribution in [3.05, 3.63) is 0 Å². The van der Waals surface area contributed by atoms with Gasteiger partial charge in [0.05, 0.1) is 0 Å². The van der Waals surface area contributed by atoms with E-state index in [2.05, 4.69) is 5.32 Å². The van der Waals surface area contributed by atoms with Crippen LogP contribution in [0.25, 0.3) is 0 Å². The van der Waals surface area contributed by atoms with Crippen molar-refractivity contribution in [1.29, 1.82) is 0 Å². The SMILES string of the molecule is CC(C)C1C(=O)NC(C2CC2)C(=O)N1C1CCOCC1. The maximum atomic E-state index is 12.8. The number of rotatable bonds is 3. The lowest BCUT2D eigenvalue weighted by molar-refractivity contribution is -0.157. The summed E-state index contributed by atoms with van der Waals surface area (Å²) in [6.07, 6.45) is 3.81. The van der Waals surface area contributed by atoms with Crippen LogP contribution in [0.1, 0.15) is 39.5 Å². The van der Waals surface area contributed by atoms with Gasteiger partial charge in [-0.25, -0.2) is 0 Å². The molecule has 1 saturated carbocycles. The average Bonchev–Trinajstić information content (AvgIpc) is 3.25. The number of ether oxygens (including phenoxy) is 1. The number of hydrogen-bond donors (Lipinski definition) is 1. The molecule has 2 heterocycles. The molecular weight excluding hydrogens is 256 g/mol. The van der Waals surface area contributed by atoms with Crippen molar-refractivity contribution in [1.82, 2.24) is 10.2 Å². The van der Waals surface area contributed by atoms with Crippen LogP contribution in [-0.2, 0) is 14.3 Å². The number of amides is 2. The lowest BCUT2D eigenvalue weighted by Crippen LogP contribution is -2.68. The van der Waals surface area contributed by atoms with Gasteiger partial charge >= 0.3 is 0 Å². The first-order valence-corrected chi connectivity index (χ1v) is 7.80. The van der Waals surface area contributed by atoms with Crippen LogP contribution in [0.15, 0.2) is 0 Å². The summed E-state index contributed by atoms with van der Waals surface area (Å²) in [6.45, 7) is 5.41. The van der Waals surface area contributed by atoms with Gasteiger partial charge in [-0.05, 0) is 37.5 Å². The Kier molecular flexibility index (Phi) is 3.71. The molecular formula is C15H24N2O3. The van der Waals surface area contributed by atoms with E-state index in [1.54, 1.807) is 0 Å². The van der Waals surface area contributed by atoms with Gasteiger partial charge in [-0.15, -0.1) is 0 Å². The Balaban J connectivity index is 1.85. The Morgan fingerprint density at radius 1 is 1.15 bits per heavy atom. The van der Waals surface area contributed by atoms with Gasteiger partial charge in [0, 0.05) is 19.3 Å². The normalized spacial score (nSPS) is 32.6.